The third-order valence-corrected chi connectivity index (χ3v) is 0. The Kier molecular flexibility index (Phi) is 25.5. The standard InChI is InChI=1S/B.Cl3HSi.H3P/c;1-4(2)3;/h;4H;1H3. The van der Waals surface area contributed by atoms with E-state index in [4.69, 9.17) is 33.2 Å². The molecule has 1 unspecified atom stereocenters. The van der Waals surface area contributed by atoms with Crippen molar-refractivity contribution in [2.75, 3.05) is 0 Å². The third-order valence-electron chi connectivity index (χ3n) is 0. The van der Waals surface area contributed by atoms with Crippen molar-refractivity contribution in [3.05, 3.63) is 0 Å². The van der Waals surface area contributed by atoms with E-state index in [0.29, 0.717) is 0 Å². The highest BCUT2D eigenvalue weighted by Crippen LogP contribution is 1.97. The lowest BCUT2D eigenvalue weighted by Gasteiger charge is -1.65. The lowest BCUT2D eigenvalue weighted by molar-refractivity contribution is 4.07. The van der Waals surface area contributed by atoms with Crippen molar-refractivity contribution in [2.24, 2.45) is 0 Å². The summed E-state index contributed by atoms with van der Waals surface area (Å²) in [5.41, 5.74) is 0. The van der Waals surface area contributed by atoms with E-state index in [1.165, 1.54) is 0 Å². The molecule has 0 aliphatic rings. The Hall–Kier alpha value is 1.58. The molecule has 0 rings (SSSR count). The van der Waals surface area contributed by atoms with Crippen LogP contribution in [0.15, 0.2) is 0 Å². The first-order valence-electron chi connectivity index (χ1n) is 0.655. The van der Waals surface area contributed by atoms with Crippen molar-refractivity contribution < 1.29 is 0 Å². The minimum Gasteiger partial charge on any atom is -0.153 e. The van der Waals surface area contributed by atoms with Gasteiger partial charge in [0.1, 0.15) is 0 Å². The van der Waals surface area contributed by atoms with Crippen molar-refractivity contribution in [2.45, 2.75) is 0 Å². The molecule has 3 radical (unpaired) electrons. The Morgan fingerprint density at radius 3 is 1.00 bits per heavy atom. The Morgan fingerprint density at radius 2 is 1.00 bits per heavy atom. The number of hydrogen-bond donors (Lipinski definition) is 0. The average Bonchev–Trinajstić information content (AvgIpc) is 0.811. The summed E-state index contributed by atoms with van der Waals surface area (Å²) in [6.07, 6.45) is 0. The molecule has 0 aliphatic heterocycles. The molecule has 6 heavy (non-hydrogen) atoms. The molecule has 0 nitrogen and oxygen atoms in total. The zero-order chi connectivity index (χ0) is 3.58. The lowest BCUT2D eigenvalue weighted by Crippen LogP contribution is -1.66. The zero-order valence-corrected chi connectivity index (χ0v) is 7.83. The van der Waals surface area contributed by atoms with Crippen LogP contribution in [0.4, 0.5) is 0 Å². The fourth-order valence-electron chi connectivity index (χ4n) is 0. The van der Waals surface area contributed by atoms with Gasteiger partial charge in [-0.3, -0.25) is 0 Å². The Labute approximate surface area is 58.5 Å². The van der Waals surface area contributed by atoms with E-state index in [1.807, 2.05) is 0 Å². The zero-order valence-electron chi connectivity index (χ0n) is 3.00. The maximum absolute atomic E-state index is 4.94. The smallest absolute Gasteiger partial charge is 0.153 e. The molecule has 0 N–H and O–H groups in total. The van der Waals surface area contributed by atoms with Gasteiger partial charge in [0.05, 0.1) is 0 Å². The summed E-state index contributed by atoms with van der Waals surface area (Å²) in [5, 5.41) is 0. The van der Waals surface area contributed by atoms with Crippen LogP contribution in [-0.4, -0.2) is 15.1 Å². The van der Waals surface area contributed by atoms with Crippen LogP contribution in [0.1, 0.15) is 0 Å². The molecule has 0 saturated heterocycles. The van der Waals surface area contributed by atoms with E-state index in [2.05, 4.69) is 0 Å². The van der Waals surface area contributed by atoms with Gasteiger partial charge in [-0.15, -0.1) is 33.2 Å². The molecular formula is H4BCl3PSi. The largest absolute Gasteiger partial charge is 0.326 e. The molecule has 0 bridgehead atoms. The van der Waals surface area contributed by atoms with Gasteiger partial charge in [-0.1, -0.05) is 0 Å². The fraction of sp³-hybridized carbons (Fsp3) is 0. The second kappa shape index (κ2) is 9.77. The molecule has 0 aliphatic carbocycles. The van der Waals surface area contributed by atoms with E-state index >= 15 is 0 Å². The van der Waals surface area contributed by atoms with Crippen LogP contribution in [-0.2, 0) is 0 Å². The van der Waals surface area contributed by atoms with Crippen LogP contribution in [0.2, 0.25) is 0 Å². The maximum Gasteiger partial charge on any atom is 0.326 e. The highest BCUT2D eigenvalue weighted by atomic mass is 35.8. The third kappa shape index (κ3) is 46.8. The highest BCUT2D eigenvalue weighted by Gasteiger charge is 1.85. The van der Waals surface area contributed by atoms with Crippen molar-refractivity contribution >= 4 is 58.3 Å². The Morgan fingerprint density at radius 1 is 1.00 bits per heavy atom. The van der Waals surface area contributed by atoms with Gasteiger partial charge in [-0.05, 0) is 0 Å². The summed E-state index contributed by atoms with van der Waals surface area (Å²) in [5.74, 6) is 0. The number of rotatable bonds is 0. The minimum absolute atomic E-state index is 0. The minimum atomic E-state index is -1.72. The summed E-state index contributed by atoms with van der Waals surface area (Å²) >= 11 is 14.8. The second-order valence-corrected chi connectivity index (χ2v) is 6.68. The Bertz CT molecular complexity index is 15.5. The van der Waals surface area contributed by atoms with Crippen molar-refractivity contribution in [1.29, 1.82) is 0 Å². The summed E-state index contributed by atoms with van der Waals surface area (Å²) in [4.78, 5) is 0. The molecule has 0 amide bonds. The number of halogens is 3. The molecular weight excluding hydrogens is 176 g/mol. The van der Waals surface area contributed by atoms with Gasteiger partial charge in [0.15, 0.2) is 0 Å². The SMILES string of the molecule is Cl[SiH](Cl)Cl.P.[B]. The molecule has 0 aromatic heterocycles. The molecule has 0 saturated carbocycles. The van der Waals surface area contributed by atoms with E-state index in [0.717, 1.165) is 0 Å². The number of hydrogen-bond acceptors (Lipinski definition) is 0. The normalized spacial score (nSPS) is 6.00. The summed E-state index contributed by atoms with van der Waals surface area (Å²) in [6, 6.07) is 0. The monoisotopic (exact) mass is 179 g/mol. The van der Waals surface area contributed by atoms with Crippen LogP contribution in [0.25, 0.3) is 0 Å². The first kappa shape index (κ1) is 15.6. The molecule has 37 valence electrons. The van der Waals surface area contributed by atoms with Crippen molar-refractivity contribution in [3.8, 4) is 0 Å². The highest BCUT2D eigenvalue weighted by molar-refractivity contribution is 7.54. The maximum atomic E-state index is 4.94. The van der Waals surface area contributed by atoms with Crippen LogP contribution in [0.3, 0.4) is 0 Å². The van der Waals surface area contributed by atoms with Gasteiger partial charge in [0, 0.05) is 8.41 Å². The Balaban J connectivity index is -0.0000000450. The van der Waals surface area contributed by atoms with Crippen LogP contribution >= 0.6 is 43.1 Å². The summed E-state index contributed by atoms with van der Waals surface area (Å²) in [7, 11) is 0. The summed E-state index contributed by atoms with van der Waals surface area (Å²) < 4.78 is 0. The van der Waals surface area contributed by atoms with Crippen molar-refractivity contribution in [1.82, 2.24) is 0 Å². The van der Waals surface area contributed by atoms with Crippen molar-refractivity contribution in [3.63, 3.8) is 0 Å². The van der Waals surface area contributed by atoms with E-state index in [-0.39, 0.29) is 18.3 Å². The van der Waals surface area contributed by atoms with E-state index in [9.17, 15) is 0 Å². The average molecular weight is 180 g/mol. The van der Waals surface area contributed by atoms with Gasteiger partial charge >= 0.3 is 6.73 Å². The predicted molar refractivity (Wildman–Crippen MR) is 41.6 cm³/mol. The molecule has 0 fully saturated rings. The van der Waals surface area contributed by atoms with E-state index in [1.54, 1.807) is 0 Å². The van der Waals surface area contributed by atoms with Gasteiger partial charge in [0.25, 0.3) is 0 Å². The molecule has 0 spiro atoms. The van der Waals surface area contributed by atoms with Crippen LogP contribution < -0.4 is 0 Å². The lowest BCUT2D eigenvalue weighted by atomic mass is 10.8. The predicted octanol–water partition coefficient (Wildman–Crippen LogP) is 1.10. The quantitative estimate of drug-likeness (QED) is 0.297. The van der Waals surface area contributed by atoms with Gasteiger partial charge in [-0.2, -0.15) is 9.90 Å². The molecule has 0 heterocycles. The topological polar surface area (TPSA) is 0 Å². The van der Waals surface area contributed by atoms with Crippen LogP contribution in [0, 0.1) is 0 Å². The van der Waals surface area contributed by atoms with Gasteiger partial charge in [0.2, 0.25) is 0 Å². The van der Waals surface area contributed by atoms with E-state index < -0.39 is 6.73 Å². The van der Waals surface area contributed by atoms with Gasteiger partial charge in [-0.25, -0.2) is 0 Å². The first-order chi connectivity index (χ1) is 1.73. The second-order valence-electron chi connectivity index (χ2n) is 0.247. The molecule has 0 aromatic rings. The molecule has 1 atom stereocenters. The molecule has 6 heteroatoms. The first-order valence-corrected chi connectivity index (χ1v) is 5.89. The fourth-order valence-corrected chi connectivity index (χ4v) is 0. The van der Waals surface area contributed by atoms with Crippen LogP contribution in [0.5, 0.6) is 0 Å². The molecule has 0 aromatic carbocycles. The van der Waals surface area contributed by atoms with Gasteiger partial charge < -0.3 is 0 Å². The summed E-state index contributed by atoms with van der Waals surface area (Å²) in [6.45, 7) is -1.72.